The minimum atomic E-state index is -0.222. The lowest BCUT2D eigenvalue weighted by Gasteiger charge is -2.20. The number of carbonyl (C=O) groups excluding carboxylic acids is 2. The zero-order valence-electron chi connectivity index (χ0n) is 11.4. The summed E-state index contributed by atoms with van der Waals surface area (Å²) in [6, 6.07) is -0.206. The third kappa shape index (κ3) is 11.0. The molecule has 0 saturated carbocycles. The van der Waals surface area contributed by atoms with E-state index >= 15 is 0 Å². The van der Waals surface area contributed by atoms with Crippen LogP contribution in [0.25, 0.3) is 0 Å². The molecular weight excluding hydrogens is 218 g/mol. The summed E-state index contributed by atoms with van der Waals surface area (Å²) in [4.78, 5) is 22.6. The Morgan fingerprint density at radius 2 is 1.65 bits per heavy atom. The molecule has 5 heteroatoms. The third-order valence-electron chi connectivity index (χ3n) is 1.97. The highest BCUT2D eigenvalue weighted by molar-refractivity contribution is 5.78. The normalized spacial score (nSPS) is 10.8. The Labute approximate surface area is 104 Å². The van der Waals surface area contributed by atoms with Gasteiger partial charge < -0.3 is 16.0 Å². The minimum Gasteiger partial charge on any atom is -0.351 e. The van der Waals surface area contributed by atoms with Crippen LogP contribution in [0.15, 0.2) is 0 Å². The fourth-order valence-corrected chi connectivity index (χ4v) is 1.21. The van der Waals surface area contributed by atoms with Crippen molar-refractivity contribution >= 4 is 11.9 Å². The van der Waals surface area contributed by atoms with E-state index in [9.17, 15) is 9.59 Å². The van der Waals surface area contributed by atoms with Gasteiger partial charge in [-0.2, -0.15) is 0 Å². The molecular formula is C12H25N3O2. The molecule has 3 N–H and O–H groups in total. The van der Waals surface area contributed by atoms with Gasteiger partial charge in [-0.1, -0.05) is 13.3 Å². The van der Waals surface area contributed by atoms with Crippen LogP contribution in [-0.4, -0.2) is 30.6 Å². The summed E-state index contributed by atoms with van der Waals surface area (Å²) in [5.74, 6) is -0.0497. The van der Waals surface area contributed by atoms with E-state index in [1.165, 1.54) is 0 Å². The molecule has 0 aromatic rings. The Hall–Kier alpha value is -1.26. The average molecular weight is 243 g/mol. The van der Waals surface area contributed by atoms with Gasteiger partial charge in [0.1, 0.15) is 0 Å². The Balaban J connectivity index is 3.56. The van der Waals surface area contributed by atoms with Crippen LogP contribution in [0.2, 0.25) is 0 Å². The molecule has 0 saturated heterocycles. The SMILES string of the molecule is CCCCNC(=O)NCCC(=O)NC(C)(C)C. The van der Waals surface area contributed by atoms with E-state index < -0.39 is 0 Å². The van der Waals surface area contributed by atoms with Crippen molar-refractivity contribution in [3.63, 3.8) is 0 Å². The molecule has 100 valence electrons. The minimum absolute atomic E-state index is 0.0497. The largest absolute Gasteiger partial charge is 0.351 e. The smallest absolute Gasteiger partial charge is 0.314 e. The van der Waals surface area contributed by atoms with Crippen LogP contribution in [0.4, 0.5) is 4.79 Å². The second kappa shape index (κ2) is 7.92. The zero-order valence-corrected chi connectivity index (χ0v) is 11.4. The molecule has 0 radical (unpaired) electrons. The quantitative estimate of drug-likeness (QED) is 0.617. The molecule has 0 fully saturated rings. The van der Waals surface area contributed by atoms with Crippen LogP contribution in [0.5, 0.6) is 0 Å². The summed E-state index contributed by atoms with van der Waals surface area (Å²) < 4.78 is 0. The van der Waals surface area contributed by atoms with Crippen molar-refractivity contribution in [2.75, 3.05) is 13.1 Å². The fourth-order valence-electron chi connectivity index (χ4n) is 1.21. The monoisotopic (exact) mass is 243 g/mol. The van der Waals surface area contributed by atoms with Gasteiger partial charge in [-0.3, -0.25) is 4.79 Å². The van der Waals surface area contributed by atoms with E-state index in [0.717, 1.165) is 12.8 Å². The number of nitrogens with one attached hydrogen (secondary N) is 3. The fraction of sp³-hybridized carbons (Fsp3) is 0.833. The van der Waals surface area contributed by atoms with Gasteiger partial charge in [0, 0.05) is 25.0 Å². The van der Waals surface area contributed by atoms with Crippen LogP contribution in [0.1, 0.15) is 47.0 Å². The number of hydrogen-bond donors (Lipinski definition) is 3. The first kappa shape index (κ1) is 15.7. The predicted octanol–water partition coefficient (Wildman–Crippen LogP) is 1.39. The van der Waals surface area contributed by atoms with Crippen molar-refractivity contribution in [2.45, 2.75) is 52.5 Å². The van der Waals surface area contributed by atoms with Crippen molar-refractivity contribution in [3.05, 3.63) is 0 Å². The Morgan fingerprint density at radius 1 is 1.06 bits per heavy atom. The molecule has 5 nitrogen and oxygen atoms in total. The van der Waals surface area contributed by atoms with E-state index in [-0.39, 0.29) is 17.5 Å². The second-order valence-electron chi connectivity index (χ2n) is 5.08. The molecule has 0 aliphatic carbocycles. The first-order valence-corrected chi connectivity index (χ1v) is 6.18. The zero-order chi connectivity index (χ0) is 13.3. The van der Waals surface area contributed by atoms with Crippen LogP contribution >= 0.6 is 0 Å². The van der Waals surface area contributed by atoms with Gasteiger partial charge in [0.05, 0.1) is 0 Å². The lowest BCUT2D eigenvalue weighted by atomic mass is 10.1. The summed E-state index contributed by atoms with van der Waals surface area (Å²) >= 11 is 0. The molecule has 0 aromatic heterocycles. The highest BCUT2D eigenvalue weighted by Gasteiger charge is 2.13. The van der Waals surface area contributed by atoms with Gasteiger partial charge in [-0.15, -0.1) is 0 Å². The Bertz CT molecular complexity index is 247. The van der Waals surface area contributed by atoms with E-state index in [0.29, 0.717) is 19.5 Å². The maximum absolute atomic E-state index is 11.4. The van der Waals surface area contributed by atoms with Gasteiger partial charge in [0.25, 0.3) is 0 Å². The highest BCUT2D eigenvalue weighted by atomic mass is 16.2. The standard InChI is InChI=1S/C12H25N3O2/c1-5-6-8-13-11(17)14-9-7-10(16)15-12(2,3)4/h5-9H2,1-4H3,(H,15,16)(H2,13,14,17). The third-order valence-corrected chi connectivity index (χ3v) is 1.97. The molecule has 0 spiro atoms. The van der Waals surface area contributed by atoms with E-state index in [1.54, 1.807) is 0 Å². The maximum atomic E-state index is 11.4. The summed E-state index contributed by atoms with van der Waals surface area (Å²) in [7, 11) is 0. The topological polar surface area (TPSA) is 70.2 Å². The van der Waals surface area contributed by atoms with Crippen molar-refractivity contribution in [3.8, 4) is 0 Å². The van der Waals surface area contributed by atoms with Gasteiger partial charge in [0.2, 0.25) is 5.91 Å². The van der Waals surface area contributed by atoms with Crippen LogP contribution < -0.4 is 16.0 Å². The summed E-state index contributed by atoms with van der Waals surface area (Å²) in [6.45, 7) is 8.88. The Kier molecular flexibility index (Phi) is 7.34. The number of urea groups is 1. The molecule has 3 amide bonds. The maximum Gasteiger partial charge on any atom is 0.314 e. The van der Waals surface area contributed by atoms with Gasteiger partial charge in [-0.05, 0) is 27.2 Å². The first-order valence-electron chi connectivity index (χ1n) is 6.18. The molecule has 0 bridgehead atoms. The van der Waals surface area contributed by atoms with Crippen LogP contribution in [0.3, 0.4) is 0 Å². The van der Waals surface area contributed by atoms with Crippen molar-refractivity contribution in [1.29, 1.82) is 0 Å². The number of amides is 3. The average Bonchev–Trinajstić information content (AvgIpc) is 2.15. The van der Waals surface area contributed by atoms with Crippen molar-refractivity contribution in [2.24, 2.45) is 0 Å². The van der Waals surface area contributed by atoms with Crippen LogP contribution in [0, 0.1) is 0 Å². The summed E-state index contributed by atoms with van der Waals surface area (Å²) in [5.41, 5.74) is -0.222. The molecule has 0 aliphatic heterocycles. The number of rotatable bonds is 6. The number of unbranched alkanes of at least 4 members (excludes halogenated alkanes) is 1. The molecule has 17 heavy (non-hydrogen) atoms. The molecule has 0 rings (SSSR count). The van der Waals surface area contributed by atoms with E-state index in [1.807, 2.05) is 20.8 Å². The van der Waals surface area contributed by atoms with E-state index in [2.05, 4.69) is 22.9 Å². The van der Waals surface area contributed by atoms with Crippen molar-refractivity contribution < 1.29 is 9.59 Å². The second-order valence-corrected chi connectivity index (χ2v) is 5.08. The lowest BCUT2D eigenvalue weighted by Crippen LogP contribution is -2.43. The summed E-state index contributed by atoms with van der Waals surface area (Å²) in [6.07, 6.45) is 2.32. The highest BCUT2D eigenvalue weighted by Crippen LogP contribution is 1.98. The Morgan fingerprint density at radius 3 is 2.18 bits per heavy atom. The molecule has 0 aromatic carbocycles. The van der Waals surface area contributed by atoms with Gasteiger partial charge in [-0.25, -0.2) is 4.79 Å². The lowest BCUT2D eigenvalue weighted by molar-refractivity contribution is -0.122. The molecule has 0 heterocycles. The van der Waals surface area contributed by atoms with Gasteiger partial charge >= 0.3 is 6.03 Å². The molecule has 0 atom stereocenters. The number of hydrogen-bond acceptors (Lipinski definition) is 2. The summed E-state index contributed by atoms with van der Waals surface area (Å²) in [5, 5.41) is 8.21. The van der Waals surface area contributed by atoms with Crippen molar-refractivity contribution in [1.82, 2.24) is 16.0 Å². The predicted molar refractivity (Wildman–Crippen MR) is 68.8 cm³/mol. The van der Waals surface area contributed by atoms with Gasteiger partial charge in [0.15, 0.2) is 0 Å². The molecule has 0 unspecified atom stereocenters. The number of carbonyl (C=O) groups is 2. The van der Waals surface area contributed by atoms with E-state index in [4.69, 9.17) is 0 Å². The first-order chi connectivity index (χ1) is 7.85. The van der Waals surface area contributed by atoms with Crippen LogP contribution in [-0.2, 0) is 4.79 Å². The molecule has 0 aliphatic rings.